The van der Waals surface area contributed by atoms with Crippen molar-refractivity contribution in [3.8, 4) is 0 Å². The van der Waals surface area contributed by atoms with Gasteiger partial charge in [-0.25, -0.2) is 5.01 Å². The monoisotopic (exact) mass is 151 g/mol. The first-order chi connectivity index (χ1) is 3.35. The summed E-state index contributed by atoms with van der Waals surface area (Å²) in [6.45, 7) is 5.99. The molecule has 0 amide bonds. The Labute approximate surface area is 65.4 Å². The first-order valence-corrected chi connectivity index (χ1v) is 2.56. The molecule has 0 aliphatic rings. The minimum atomic E-state index is 0. The van der Waals surface area contributed by atoms with Crippen LogP contribution < -0.4 is 11.4 Å². The number of hydrogen-bond donors (Lipinski definition) is 2. The fourth-order valence-electron chi connectivity index (χ4n) is 0.406. The summed E-state index contributed by atoms with van der Waals surface area (Å²) in [4.78, 5) is 0. The molecule has 0 heterocycles. The van der Waals surface area contributed by atoms with Gasteiger partial charge in [0.15, 0.2) is 0 Å². The Morgan fingerprint density at radius 2 is 1.75 bits per heavy atom. The van der Waals surface area contributed by atoms with E-state index >= 15 is 0 Å². The quantitative estimate of drug-likeness (QED) is 0.330. The van der Waals surface area contributed by atoms with Crippen molar-refractivity contribution in [2.45, 2.75) is 13.8 Å². The van der Waals surface area contributed by atoms with Crippen molar-refractivity contribution in [1.29, 1.82) is 0 Å². The van der Waals surface area contributed by atoms with Crippen LogP contribution in [0.5, 0.6) is 0 Å². The molecular formula is C4H13N3Ti. The van der Waals surface area contributed by atoms with Crippen LogP contribution in [-0.4, -0.2) is 18.1 Å². The largest absolute Gasteiger partial charge is 0.258 e. The molecule has 0 unspecified atom stereocenters. The average molecular weight is 151 g/mol. The van der Waals surface area contributed by atoms with E-state index in [9.17, 15) is 0 Å². The maximum Gasteiger partial charge on any atom is 0.0115 e. The van der Waals surface area contributed by atoms with E-state index in [2.05, 4.69) is 5.53 Å². The van der Waals surface area contributed by atoms with Crippen LogP contribution in [0.4, 0.5) is 0 Å². The summed E-state index contributed by atoms with van der Waals surface area (Å²) < 4.78 is 0. The first kappa shape index (κ1) is 11.4. The zero-order valence-corrected chi connectivity index (χ0v) is 7.00. The fraction of sp³-hybridized carbons (Fsp3) is 1.00. The number of nitrogens with two attached hydrogens (primary N) is 1. The normalized spacial score (nSPS) is 9.00. The SMILES string of the molecule is CCN(CC)NN.[Ti]. The summed E-state index contributed by atoms with van der Waals surface area (Å²) in [5.41, 5.74) is 2.53. The maximum absolute atomic E-state index is 5.07. The average Bonchev–Trinajstić information content (AvgIpc) is 1.72. The van der Waals surface area contributed by atoms with Gasteiger partial charge in [0.05, 0.1) is 0 Å². The van der Waals surface area contributed by atoms with E-state index in [1.54, 1.807) is 0 Å². The van der Waals surface area contributed by atoms with Crippen molar-refractivity contribution in [2.75, 3.05) is 13.1 Å². The second-order valence-corrected chi connectivity index (χ2v) is 1.30. The summed E-state index contributed by atoms with van der Waals surface area (Å²) in [6.07, 6.45) is 0. The van der Waals surface area contributed by atoms with E-state index in [-0.39, 0.29) is 21.7 Å². The Morgan fingerprint density at radius 1 is 1.38 bits per heavy atom. The van der Waals surface area contributed by atoms with Crippen LogP contribution in [0.3, 0.4) is 0 Å². The van der Waals surface area contributed by atoms with E-state index in [4.69, 9.17) is 5.84 Å². The third-order valence-corrected chi connectivity index (χ3v) is 0.946. The van der Waals surface area contributed by atoms with Crippen LogP contribution in [0.1, 0.15) is 13.8 Å². The van der Waals surface area contributed by atoms with Gasteiger partial charge in [0.1, 0.15) is 0 Å². The Bertz CT molecular complexity index is 32.8. The molecule has 48 valence electrons. The molecular weight excluding hydrogens is 138 g/mol. The fourth-order valence-corrected chi connectivity index (χ4v) is 0.406. The molecule has 0 rings (SSSR count). The Kier molecular flexibility index (Phi) is 10.8. The van der Waals surface area contributed by atoms with Crippen LogP contribution in [0.25, 0.3) is 0 Å². The zero-order chi connectivity index (χ0) is 5.70. The molecule has 0 aromatic heterocycles. The summed E-state index contributed by atoms with van der Waals surface area (Å²) in [6, 6.07) is 0. The molecule has 0 fully saturated rings. The smallest absolute Gasteiger partial charge is 0.0115 e. The van der Waals surface area contributed by atoms with Crippen molar-refractivity contribution in [2.24, 2.45) is 5.84 Å². The van der Waals surface area contributed by atoms with E-state index in [1.165, 1.54) is 0 Å². The van der Waals surface area contributed by atoms with Crippen molar-refractivity contribution < 1.29 is 21.7 Å². The van der Waals surface area contributed by atoms with Crippen molar-refractivity contribution in [1.82, 2.24) is 10.5 Å². The van der Waals surface area contributed by atoms with Gasteiger partial charge in [0, 0.05) is 34.8 Å². The molecule has 0 bridgehead atoms. The van der Waals surface area contributed by atoms with E-state index in [0.29, 0.717) is 0 Å². The van der Waals surface area contributed by atoms with Crippen LogP contribution in [0.2, 0.25) is 0 Å². The Morgan fingerprint density at radius 3 is 1.75 bits per heavy atom. The first-order valence-electron chi connectivity index (χ1n) is 2.56. The van der Waals surface area contributed by atoms with Crippen LogP contribution in [0, 0.1) is 0 Å². The summed E-state index contributed by atoms with van der Waals surface area (Å²) in [7, 11) is 0. The Hall–Kier alpha value is 0.594. The Balaban J connectivity index is 0. The topological polar surface area (TPSA) is 41.3 Å². The minimum absolute atomic E-state index is 0. The van der Waals surface area contributed by atoms with Crippen LogP contribution in [-0.2, 0) is 21.7 Å². The molecule has 3 N–H and O–H groups in total. The summed E-state index contributed by atoms with van der Waals surface area (Å²) in [5, 5.41) is 1.90. The van der Waals surface area contributed by atoms with E-state index < -0.39 is 0 Å². The van der Waals surface area contributed by atoms with Crippen molar-refractivity contribution in [3.05, 3.63) is 0 Å². The van der Waals surface area contributed by atoms with Crippen LogP contribution >= 0.6 is 0 Å². The van der Waals surface area contributed by atoms with Gasteiger partial charge >= 0.3 is 0 Å². The molecule has 0 atom stereocenters. The molecule has 0 aliphatic heterocycles. The van der Waals surface area contributed by atoms with E-state index in [1.807, 2.05) is 18.9 Å². The third-order valence-electron chi connectivity index (χ3n) is 0.946. The molecule has 8 heavy (non-hydrogen) atoms. The molecule has 4 heteroatoms. The summed E-state index contributed by atoms with van der Waals surface area (Å²) >= 11 is 0. The standard InChI is InChI=1S/C4H13N3.Ti/c1-3-7(4-2)6-5;/h6H,3-5H2,1-2H3;. The van der Waals surface area contributed by atoms with Gasteiger partial charge in [-0.15, -0.1) is 0 Å². The molecule has 0 saturated heterocycles. The third kappa shape index (κ3) is 4.75. The maximum atomic E-state index is 5.07. The van der Waals surface area contributed by atoms with Crippen molar-refractivity contribution in [3.63, 3.8) is 0 Å². The zero-order valence-electron chi connectivity index (χ0n) is 5.44. The predicted octanol–water partition coefficient (Wildman–Crippen LogP) is -0.296. The number of nitrogens with zero attached hydrogens (tertiary/aromatic N) is 1. The number of rotatable bonds is 3. The minimum Gasteiger partial charge on any atom is -0.258 e. The van der Waals surface area contributed by atoms with Gasteiger partial charge in [-0.2, -0.15) is 5.53 Å². The van der Waals surface area contributed by atoms with E-state index in [0.717, 1.165) is 13.1 Å². The number of hydrazine groups is 2. The summed E-state index contributed by atoms with van der Waals surface area (Å²) in [5.74, 6) is 5.07. The molecule has 0 spiro atoms. The molecule has 0 saturated carbocycles. The van der Waals surface area contributed by atoms with Gasteiger partial charge in [0.25, 0.3) is 0 Å². The van der Waals surface area contributed by atoms with Crippen LogP contribution in [0.15, 0.2) is 0 Å². The molecule has 0 aromatic carbocycles. The molecule has 0 aliphatic carbocycles. The van der Waals surface area contributed by atoms with Crippen molar-refractivity contribution >= 4 is 0 Å². The number of nitrogens with one attached hydrogen (secondary N) is 1. The van der Waals surface area contributed by atoms with Gasteiger partial charge in [0.2, 0.25) is 0 Å². The molecule has 0 radical (unpaired) electrons. The predicted molar refractivity (Wildman–Crippen MR) is 30.2 cm³/mol. The molecule has 3 nitrogen and oxygen atoms in total. The second-order valence-electron chi connectivity index (χ2n) is 1.30. The van der Waals surface area contributed by atoms with Gasteiger partial charge in [-0.3, -0.25) is 5.84 Å². The number of hydrogen-bond acceptors (Lipinski definition) is 3. The second kappa shape index (κ2) is 7.59. The van der Waals surface area contributed by atoms with Gasteiger partial charge in [-0.1, -0.05) is 13.8 Å². The van der Waals surface area contributed by atoms with Gasteiger partial charge < -0.3 is 0 Å². The van der Waals surface area contributed by atoms with Gasteiger partial charge in [-0.05, 0) is 0 Å². The molecule has 0 aromatic rings.